The molecule has 0 radical (unpaired) electrons. The minimum atomic E-state index is -0.343. The highest BCUT2D eigenvalue weighted by molar-refractivity contribution is 7.21. The van der Waals surface area contributed by atoms with E-state index in [2.05, 4.69) is 25.1 Å². The van der Waals surface area contributed by atoms with Crippen LogP contribution in [0.1, 0.15) is 46.5 Å². The van der Waals surface area contributed by atoms with Gasteiger partial charge < -0.3 is 9.80 Å². The number of benzene rings is 3. The summed E-state index contributed by atoms with van der Waals surface area (Å²) in [5.41, 5.74) is 2.77. The van der Waals surface area contributed by atoms with E-state index in [4.69, 9.17) is 16.9 Å². The predicted octanol–water partition coefficient (Wildman–Crippen LogP) is 7.75. The predicted molar refractivity (Wildman–Crippen MR) is 153 cm³/mol. The van der Waals surface area contributed by atoms with Crippen LogP contribution in [0.5, 0.6) is 0 Å². The van der Waals surface area contributed by atoms with E-state index < -0.39 is 0 Å². The zero-order chi connectivity index (χ0) is 26.8. The van der Waals surface area contributed by atoms with Crippen LogP contribution in [0, 0.1) is 17.1 Å². The molecule has 1 fully saturated rings. The fourth-order valence-corrected chi connectivity index (χ4v) is 6.80. The van der Waals surface area contributed by atoms with Crippen LogP contribution >= 0.6 is 22.9 Å². The zero-order valence-electron chi connectivity index (χ0n) is 21.5. The average molecular weight is 546 g/mol. The van der Waals surface area contributed by atoms with Crippen molar-refractivity contribution in [3.8, 4) is 17.2 Å². The molecule has 0 unspecified atom stereocenters. The molecule has 1 aromatic heterocycles. The molecule has 1 aliphatic carbocycles. The molecule has 38 heavy (non-hydrogen) atoms. The number of hydrogen-bond acceptors (Lipinski definition) is 4. The van der Waals surface area contributed by atoms with E-state index in [1.165, 1.54) is 17.4 Å². The molecule has 0 saturated heterocycles. The van der Waals surface area contributed by atoms with Crippen molar-refractivity contribution < 1.29 is 9.18 Å². The third-order valence-corrected chi connectivity index (χ3v) is 9.22. The van der Waals surface area contributed by atoms with E-state index in [1.54, 1.807) is 18.2 Å². The average Bonchev–Trinajstić information content (AvgIpc) is 3.28. The van der Waals surface area contributed by atoms with Crippen LogP contribution in [0.25, 0.3) is 21.2 Å². The highest BCUT2D eigenvalue weighted by Gasteiger charge is 2.32. The smallest absolute Gasteiger partial charge is 0.266 e. The van der Waals surface area contributed by atoms with E-state index in [0.29, 0.717) is 27.1 Å². The summed E-state index contributed by atoms with van der Waals surface area (Å²) >= 11 is 8.12. The Bertz CT molecular complexity index is 1500. The Labute approximate surface area is 231 Å². The number of carbonyl (C=O) groups excluding carboxylic acids is 1. The largest absolute Gasteiger partial charge is 0.330 e. The molecule has 0 N–H and O–H groups in total. The van der Waals surface area contributed by atoms with Crippen LogP contribution in [0.2, 0.25) is 5.02 Å². The van der Waals surface area contributed by atoms with Crippen molar-refractivity contribution in [2.24, 2.45) is 0 Å². The monoisotopic (exact) mass is 545 g/mol. The van der Waals surface area contributed by atoms with Gasteiger partial charge in [-0.3, -0.25) is 4.79 Å². The zero-order valence-corrected chi connectivity index (χ0v) is 23.0. The maximum Gasteiger partial charge on any atom is 0.266 e. The van der Waals surface area contributed by atoms with Crippen molar-refractivity contribution in [2.75, 3.05) is 14.1 Å². The SMILES string of the molecule is CN(C)[C@H]1CC[C@H](N(Cc2cc(-c3ccc(C#N)cc3)ccc2F)C(=O)c2sc3ccccc3c2Cl)CC1. The highest BCUT2D eigenvalue weighted by Crippen LogP contribution is 2.38. The fourth-order valence-electron chi connectivity index (χ4n) is 5.33. The molecule has 4 nitrogen and oxygen atoms in total. The normalized spacial score (nSPS) is 17.5. The van der Waals surface area contributed by atoms with Crippen LogP contribution in [0.4, 0.5) is 4.39 Å². The third kappa shape index (κ3) is 5.33. The van der Waals surface area contributed by atoms with Gasteiger partial charge >= 0.3 is 0 Å². The van der Waals surface area contributed by atoms with Crippen molar-refractivity contribution >= 4 is 38.9 Å². The van der Waals surface area contributed by atoms with E-state index in [0.717, 1.165) is 46.9 Å². The molecule has 0 bridgehead atoms. The Morgan fingerprint density at radius 1 is 1.00 bits per heavy atom. The lowest BCUT2D eigenvalue weighted by molar-refractivity contribution is 0.0572. The lowest BCUT2D eigenvalue weighted by Crippen LogP contribution is -2.44. The maximum atomic E-state index is 15.2. The van der Waals surface area contributed by atoms with Crippen molar-refractivity contribution in [2.45, 2.75) is 44.3 Å². The third-order valence-electron chi connectivity index (χ3n) is 7.56. The van der Waals surface area contributed by atoms with E-state index in [1.807, 2.05) is 47.4 Å². The number of hydrogen-bond donors (Lipinski definition) is 0. The summed E-state index contributed by atoms with van der Waals surface area (Å²) in [7, 11) is 4.18. The van der Waals surface area contributed by atoms with Crippen LogP contribution < -0.4 is 0 Å². The Morgan fingerprint density at radius 3 is 2.32 bits per heavy atom. The lowest BCUT2D eigenvalue weighted by atomic mass is 9.89. The Kier molecular flexibility index (Phi) is 7.80. The van der Waals surface area contributed by atoms with Crippen LogP contribution in [0.3, 0.4) is 0 Å². The molecule has 0 spiro atoms. The quantitative estimate of drug-likeness (QED) is 0.249. The minimum Gasteiger partial charge on any atom is -0.330 e. The van der Waals surface area contributed by atoms with Gasteiger partial charge in [-0.2, -0.15) is 5.26 Å². The van der Waals surface area contributed by atoms with E-state index in [9.17, 15) is 4.79 Å². The first-order chi connectivity index (χ1) is 18.4. The number of halogens is 2. The first-order valence-electron chi connectivity index (χ1n) is 12.8. The van der Waals surface area contributed by atoms with Gasteiger partial charge in [0.15, 0.2) is 0 Å². The van der Waals surface area contributed by atoms with Crippen molar-refractivity contribution in [3.63, 3.8) is 0 Å². The molecular weight excluding hydrogens is 517 g/mol. The van der Waals surface area contributed by atoms with Crippen molar-refractivity contribution in [1.82, 2.24) is 9.80 Å². The first kappa shape index (κ1) is 26.4. The van der Waals surface area contributed by atoms with Gasteiger partial charge in [0.25, 0.3) is 5.91 Å². The molecule has 1 amide bonds. The molecule has 5 rings (SSSR count). The van der Waals surface area contributed by atoms with Gasteiger partial charge in [0.1, 0.15) is 10.7 Å². The maximum absolute atomic E-state index is 15.2. The lowest BCUT2D eigenvalue weighted by Gasteiger charge is -2.39. The van der Waals surface area contributed by atoms with Crippen molar-refractivity contribution in [1.29, 1.82) is 5.26 Å². The summed E-state index contributed by atoms with van der Waals surface area (Å²) in [5.74, 6) is -0.489. The molecule has 1 heterocycles. The second kappa shape index (κ2) is 11.2. The van der Waals surface area contributed by atoms with Gasteiger partial charge in [0.05, 0.1) is 16.7 Å². The molecule has 7 heteroatoms. The number of amides is 1. The molecule has 1 saturated carbocycles. The number of thiophene rings is 1. The minimum absolute atomic E-state index is 0.00190. The molecular formula is C31H29ClFN3OS. The van der Waals surface area contributed by atoms with Gasteiger partial charge in [0, 0.05) is 34.3 Å². The van der Waals surface area contributed by atoms with Crippen LogP contribution in [-0.2, 0) is 6.54 Å². The summed E-state index contributed by atoms with van der Waals surface area (Å²) < 4.78 is 16.2. The summed E-state index contributed by atoms with van der Waals surface area (Å²) in [6.07, 6.45) is 3.67. The van der Waals surface area contributed by atoms with Gasteiger partial charge in [-0.25, -0.2) is 4.39 Å². The number of nitrogens with zero attached hydrogens (tertiary/aromatic N) is 3. The van der Waals surface area contributed by atoms with E-state index >= 15 is 4.39 Å². The molecule has 1 aliphatic rings. The summed E-state index contributed by atoms with van der Waals surface area (Å²) in [6.45, 7) is 0.163. The molecule has 0 aliphatic heterocycles. The topological polar surface area (TPSA) is 47.3 Å². The molecule has 194 valence electrons. The number of nitriles is 1. The highest BCUT2D eigenvalue weighted by atomic mass is 35.5. The molecule has 4 aromatic rings. The summed E-state index contributed by atoms with van der Waals surface area (Å²) in [6, 6.07) is 22.6. The van der Waals surface area contributed by atoms with E-state index in [-0.39, 0.29) is 24.3 Å². The summed E-state index contributed by atoms with van der Waals surface area (Å²) in [5, 5.41) is 10.4. The Balaban J connectivity index is 1.49. The van der Waals surface area contributed by atoms with Gasteiger partial charge in [0.2, 0.25) is 0 Å². The van der Waals surface area contributed by atoms with Gasteiger partial charge in [-0.15, -0.1) is 11.3 Å². The number of carbonyl (C=O) groups is 1. The van der Waals surface area contributed by atoms with Gasteiger partial charge in [-0.1, -0.05) is 48.0 Å². The summed E-state index contributed by atoms with van der Waals surface area (Å²) in [4.78, 5) is 18.7. The molecule has 3 aromatic carbocycles. The Hall–Kier alpha value is -3.24. The molecule has 0 atom stereocenters. The number of fused-ring (bicyclic) bond motifs is 1. The number of rotatable bonds is 6. The fraction of sp³-hybridized carbons (Fsp3) is 0.290. The van der Waals surface area contributed by atoms with Gasteiger partial charge in [-0.05, 0) is 81.2 Å². The van der Waals surface area contributed by atoms with Crippen LogP contribution in [0.15, 0.2) is 66.7 Å². The second-order valence-electron chi connectivity index (χ2n) is 10.1. The standard InChI is InChI=1S/C31H29ClFN3OS/c1-35(2)24-12-14-25(15-13-24)36(31(37)30-29(32)26-5-3-4-6-28(26)38-30)19-23-17-22(11-16-27(23)33)21-9-7-20(18-34)8-10-21/h3-11,16-17,24-25H,12-15,19H2,1-2H3/t24-,25-. The van der Waals surface area contributed by atoms with Crippen molar-refractivity contribution in [3.05, 3.63) is 93.6 Å². The first-order valence-corrected chi connectivity index (χ1v) is 14.0. The second-order valence-corrected chi connectivity index (χ2v) is 11.5. The van der Waals surface area contributed by atoms with Crippen LogP contribution in [-0.4, -0.2) is 41.9 Å². The Morgan fingerprint density at radius 2 is 1.66 bits per heavy atom.